The predicted octanol–water partition coefficient (Wildman–Crippen LogP) is 3.55. The number of H-pyrrole nitrogens is 1. The van der Waals surface area contributed by atoms with Crippen LogP contribution in [-0.4, -0.2) is 39.1 Å². The lowest BCUT2D eigenvalue weighted by Crippen LogP contribution is -2.24. The summed E-state index contributed by atoms with van der Waals surface area (Å²) in [7, 11) is 0. The molecule has 0 atom stereocenters. The molecule has 3 aromatic rings. The maximum Gasteiger partial charge on any atom is 0.337 e. The third-order valence-electron chi connectivity index (χ3n) is 4.18. The predicted molar refractivity (Wildman–Crippen MR) is 98.9 cm³/mol. The van der Waals surface area contributed by atoms with Gasteiger partial charge in [-0.05, 0) is 44.5 Å². The zero-order valence-corrected chi connectivity index (χ0v) is 14.5. The molecule has 0 aliphatic carbocycles. The van der Waals surface area contributed by atoms with Crippen LogP contribution in [0.25, 0.3) is 11.0 Å². The fourth-order valence-corrected chi connectivity index (χ4v) is 2.83. The molecule has 130 valence electrons. The molecule has 0 bridgehead atoms. The summed E-state index contributed by atoms with van der Waals surface area (Å²) < 4.78 is 0. The first kappa shape index (κ1) is 16.8. The second-order valence-corrected chi connectivity index (χ2v) is 5.74. The lowest BCUT2D eigenvalue weighted by atomic mass is 10.1. The van der Waals surface area contributed by atoms with Gasteiger partial charge in [-0.1, -0.05) is 6.07 Å². The van der Waals surface area contributed by atoms with E-state index < -0.39 is 5.97 Å². The molecule has 0 fully saturated rings. The van der Waals surface area contributed by atoms with Crippen molar-refractivity contribution in [2.45, 2.75) is 20.8 Å². The Morgan fingerprint density at radius 2 is 2.08 bits per heavy atom. The molecule has 0 saturated heterocycles. The number of hydrogen-bond acceptors (Lipinski definition) is 5. The van der Waals surface area contributed by atoms with Crippen molar-refractivity contribution in [1.29, 1.82) is 0 Å². The number of carboxylic acid groups (broad SMARTS) is 1. The van der Waals surface area contributed by atoms with Crippen molar-refractivity contribution < 1.29 is 9.90 Å². The van der Waals surface area contributed by atoms with Crippen LogP contribution in [0, 0.1) is 6.92 Å². The van der Waals surface area contributed by atoms with Crippen molar-refractivity contribution in [3.8, 4) is 0 Å². The Labute approximate surface area is 145 Å². The van der Waals surface area contributed by atoms with Gasteiger partial charge in [0, 0.05) is 19.3 Å². The summed E-state index contributed by atoms with van der Waals surface area (Å²) in [5, 5.41) is 12.7. The summed E-state index contributed by atoms with van der Waals surface area (Å²) in [4.78, 5) is 25.6. The Hall–Kier alpha value is -3.09. The lowest BCUT2D eigenvalue weighted by molar-refractivity contribution is 0.0697. The smallest absolute Gasteiger partial charge is 0.337 e. The van der Waals surface area contributed by atoms with Gasteiger partial charge in [0.05, 0.1) is 22.3 Å². The summed E-state index contributed by atoms with van der Waals surface area (Å²) in [6.07, 6.45) is 1.71. The molecule has 0 amide bonds. The first-order chi connectivity index (χ1) is 12.0. The van der Waals surface area contributed by atoms with Crippen LogP contribution in [0.4, 0.5) is 17.5 Å². The zero-order chi connectivity index (χ0) is 18.0. The van der Waals surface area contributed by atoms with E-state index in [1.54, 1.807) is 12.3 Å². The number of pyridine rings is 1. The number of aromatic carboxylic acids is 1. The number of carbonyl (C=O) groups is 1. The van der Waals surface area contributed by atoms with Gasteiger partial charge < -0.3 is 20.3 Å². The molecule has 2 aromatic heterocycles. The number of hydrogen-bond donors (Lipinski definition) is 3. The monoisotopic (exact) mass is 339 g/mol. The van der Waals surface area contributed by atoms with Gasteiger partial charge in [0.25, 0.3) is 0 Å². The van der Waals surface area contributed by atoms with E-state index in [4.69, 9.17) is 0 Å². The molecule has 7 nitrogen and oxygen atoms in total. The van der Waals surface area contributed by atoms with Crippen molar-refractivity contribution in [2.24, 2.45) is 0 Å². The van der Waals surface area contributed by atoms with Gasteiger partial charge in [-0.25, -0.2) is 14.8 Å². The van der Waals surface area contributed by atoms with Crippen molar-refractivity contribution in [1.82, 2.24) is 15.0 Å². The number of aromatic nitrogens is 3. The number of imidazole rings is 1. The SMILES string of the molecule is CCN(CC)c1cc2[nH]c(Nc3ncccc3C)nc2cc1C(=O)O. The molecular weight excluding hydrogens is 318 g/mol. The summed E-state index contributed by atoms with van der Waals surface area (Å²) in [6.45, 7) is 7.43. The van der Waals surface area contributed by atoms with E-state index in [-0.39, 0.29) is 5.56 Å². The highest BCUT2D eigenvalue weighted by atomic mass is 16.4. The van der Waals surface area contributed by atoms with Crippen LogP contribution < -0.4 is 10.2 Å². The van der Waals surface area contributed by atoms with Gasteiger partial charge in [-0.2, -0.15) is 0 Å². The molecule has 0 spiro atoms. The van der Waals surface area contributed by atoms with E-state index in [2.05, 4.69) is 20.3 Å². The highest BCUT2D eigenvalue weighted by molar-refractivity contribution is 6.00. The Balaban J connectivity index is 2.05. The fraction of sp³-hybridized carbons (Fsp3) is 0.278. The molecule has 0 aliphatic heterocycles. The number of anilines is 3. The van der Waals surface area contributed by atoms with E-state index >= 15 is 0 Å². The van der Waals surface area contributed by atoms with Crippen LogP contribution in [0.5, 0.6) is 0 Å². The minimum atomic E-state index is -0.957. The molecular formula is C18H21N5O2. The van der Waals surface area contributed by atoms with Gasteiger partial charge in [0.15, 0.2) is 0 Å². The standard InChI is InChI=1S/C18H21N5O2/c1-4-23(5-2)15-10-14-13(9-12(15)17(24)25)20-18(21-14)22-16-11(3)7-6-8-19-16/h6-10H,4-5H2,1-3H3,(H,24,25)(H2,19,20,21,22). The molecule has 25 heavy (non-hydrogen) atoms. The largest absolute Gasteiger partial charge is 0.478 e. The van der Waals surface area contributed by atoms with Gasteiger partial charge in [0.1, 0.15) is 5.82 Å². The topological polar surface area (TPSA) is 94.1 Å². The minimum absolute atomic E-state index is 0.253. The molecule has 0 aliphatic rings. The molecule has 0 saturated carbocycles. The van der Waals surface area contributed by atoms with Crippen molar-refractivity contribution in [3.05, 3.63) is 41.6 Å². The third kappa shape index (κ3) is 3.26. The molecule has 3 N–H and O–H groups in total. The summed E-state index contributed by atoms with van der Waals surface area (Å²) >= 11 is 0. The normalized spacial score (nSPS) is 10.8. The number of carboxylic acids is 1. The van der Waals surface area contributed by atoms with Gasteiger partial charge in [0.2, 0.25) is 5.95 Å². The average molecular weight is 339 g/mol. The van der Waals surface area contributed by atoms with Crippen molar-refractivity contribution >= 4 is 34.5 Å². The minimum Gasteiger partial charge on any atom is -0.478 e. The van der Waals surface area contributed by atoms with Crippen LogP contribution in [0.2, 0.25) is 0 Å². The molecule has 0 unspecified atom stereocenters. The third-order valence-corrected chi connectivity index (χ3v) is 4.18. The van der Waals surface area contributed by atoms with Gasteiger partial charge in [-0.3, -0.25) is 0 Å². The molecule has 2 heterocycles. The number of aromatic amines is 1. The summed E-state index contributed by atoms with van der Waals surface area (Å²) in [5.74, 6) is 0.288. The maximum absolute atomic E-state index is 11.7. The first-order valence-electron chi connectivity index (χ1n) is 8.24. The van der Waals surface area contributed by atoms with Crippen LogP contribution in [-0.2, 0) is 0 Å². The van der Waals surface area contributed by atoms with Crippen LogP contribution in [0.1, 0.15) is 29.8 Å². The number of aryl methyl sites for hydroxylation is 1. The van der Waals surface area contributed by atoms with Gasteiger partial charge in [-0.15, -0.1) is 0 Å². The fourth-order valence-electron chi connectivity index (χ4n) is 2.83. The van der Waals surface area contributed by atoms with Gasteiger partial charge >= 0.3 is 5.97 Å². The Bertz CT molecular complexity index is 915. The number of nitrogens with one attached hydrogen (secondary N) is 2. The van der Waals surface area contributed by atoms with Crippen LogP contribution >= 0.6 is 0 Å². The number of benzene rings is 1. The van der Waals surface area contributed by atoms with E-state index in [9.17, 15) is 9.90 Å². The van der Waals surface area contributed by atoms with Crippen molar-refractivity contribution in [3.63, 3.8) is 0 Å². The Morgan fingerprint density at radius 1 is 1.32 bits per heavy atom. The molecule has 3 rings (SSSR count). The maximum atomic E-state index is 11.7. The number of rotatable bonds is 6. The lowest BCUT2D eigenvalue weighted by Gasteiger charge is -2.22. The highest BCUT2D eigenvalue weighted by Gasteiger charge is 2.17. The van der Waals surface area contributed by atoms with Crippen molar-refractivity contribution in [2.75, 3.05) is 23.3 Å². The summed E-state index contributed by atoms with van der Waals surface area (Å²) in [6, 6.07) is 7.28. The number of fused-ring (bicyclic) bond motifs is 1. The van der Waals surface area contributed by atoms with E-state index in [1.807, 2.05) is 43.9 Å². The van der Waals surface area contributed by atoms with E-state index in [0.29, 0.717) is 23.0 Å². The zero-order valence-electron chi connectivity index (χ0n) is 14.5. The first-order valence-corrected chi connectivity index (χ1v) is 8.24. The van der Waals surface area contributed by atoms with Crippen LogP contribution in [0.15, 0.2) is 30.5 Å². The molecule has 1 aromatic carbocycles. The van der Waals surface area contributed by atoms with E-state index in [0.717, 1.165) is 24.2 Å². The quantitative estimate of drug-likeness (QED) is 0.636. The Kier molecular flexibility index (Phi) is 4.56. The number of nitrogens with zero attached hydrogens (tertiary/aromatic N) is 3. The van der Waals surface area contributed by atoms with Crippen LogP contribution in [0.3, 0.4) is 0 Å². The second-order valence-electron chi connectivity index (χ2n) is 5.74. The summed E-state index contributed by atoms with van der Waals surface area (Å²) in [5.41, 5.74) is 3.32. The molecule has 7 heteroatoms. The average Bonchev–Trinajstić information content (AvgIpc) is 2.98. The Morgan fingerprint density at radius 3 is 2.72 bits per heavy atom. The molecule has 0 radical (unpaired) electrons. The second kappa shape index (κ2) is 6.80. The highest BCUT2D eigenvalue weighted by Crippen LogP contribution is 2.28. The van der Waals surface area contributed by atoms with E-state index in [1.165, 1.54) is 0 Å².